The second kappa shape index (κ2) is 6.47. The second-order valence-electron chi connectivity index (χ2n) is 5.30. The summed E-state index contributed by atoms with van der Waals surface area (Å²) in [6.07, 6.45) is 3.00. The Balaban J connectivity index is 1.94. The molecule has 2 rings (SSSR count). The van der Waals surface area contributed by atoms with Crippen molar-refractivity contribution in [2.75, 3.05) is 19.0 Å². The molecule has 0 heterocycles. The van der Waals surface area contributed by atoms with Gasteiger partial charge in [0, 0.05) is 6.54 Å². The maximum atomic E-state index is 11.9. The van der Waals surface area contributed by atoms with Crippen LogP contribution in [0.5, 0.6) is 5.75 Å². The van der Waals surface area contributed by atoms with Crippen LogP contribution in [0.1, 0.15) is 25.7 Å². The quantitative estimate of drug-likeness (QED) is 0.778. The molecule has 3 N–H and O–H groups in total. The first kappa shape index (κ1) is 15.2. The SMILES string of the molecule is COc1ccccc1NC(=O)NCC1(C(=O)O)CCCC1. The zero-order valence-electron chi connectivity index (χ0n) is 12.0. The van der Waals surface area contributed by atoms with Gasteiger partial charge in [0.05, 0.1) is 18.2 Å². The maximum absolute atomic E-state index is 11.9. The molecule has 6 heteroatoms. The Morgan fingerprint density at radius 1 is 1.29 bits per heavy atom. The van der Waals surface area contributed by atoms with Gasteiger partial charge < -0.3 is 20.5 Å². The number of ether oxygens (including phenoxy) is 1. The Bertz CT molecular complexity index is 524. The molecule has 0 radical (unpaired) electrons. The minimum absolute atomic E-state index is 0.142. The van der Waals surface area contributed by atoms with Gasteiger partial charge in [-0.2, -0.15) is 0 Å². The van der Waals surface area contributed by atoms with E-state index >= 15 is 0 Å². The van der Waals surface area contributed by atoms with Crippen LogP contribution >= 0.6 is 0 Å². The van der Waals surface area contributed by atoms with Gasteiger partial charge >= 0.3 is 12.0 Å². The first-order valence-electron chi connectivity index (χ1n) is 6.99. The molecule has 1 aromatic rings. The molecule has 2 amide bonds. The van der Waals surface area contributed by atoms with E-state index in [9.17, 15) is 14.7 Å². The van der Waals surface area contributed by atoms with Crippen LogP contribution in [-0.2, 0) is 4.79 Å². The smallest absolute Gasteiger partial charge is 0.319 e. The summed E-state index contributed by atoms with van der Waals surface area (Å²) in [7, 11) is 1.52. The molecular weight excluding hydrogens is 272 g/mol. The second-order valence-corrected chi connectivity index (χ2v) is 5.30. The number of rotatable bonds is 5. The van der Waals surface area contributed by atoms with Gasteiger partial charge in [0.1, 0.15) is 5.75 Å². The first-order chi connectivity index (χ1) is 10.1. The Labute approximate surface area is 123 Å². The van der Waals surface area contributed by atoms with Crippen molar-refractivity contribution in [2.45, 2.75) is 25.7 Å². The molecule has 114 valence electrons. The van der Waals surface area contributed by atoms with Crippen LogP contribution in [0.15, 0.2) is 24.3 Å². The highest BCUT2D eigenvalue weighted by Gasteiger charge is 2.41. The molecule has 0 unspecified atom stereocenters. The highest BCUT2D eigenvalue weighted by Crippen LogP contribution is 2.37. The third kappa shape index (κ3) is 3.45. The summed E-state index contributed by atoms with van der Waals surface area (Å²) in [4.78, 5) is 23.3. The number of benzene rings is 1. The van der Waals surface area contributed by atoms with E-state index in [-0.39, 0.29) is 6.54 Å². The van der Waals surface area contributed by atoms with Crippen LogP contribution in [0.25, 0.3) is 0 Å². The van der Waals surface area contributed by atoms with Gasteiger partial charge in [-0.25, -0.2) is 4.79 Å². The number of aliphatic carboxylic acids is 1. The lowest BCUT2D eigenvalue weighted by molar-refractivity contribution is -0.148. The molecule has 0 atom stereocenters. The van der Waals surface area contributed by atoms with E-state index in [4.69, 9.17) is 4.74 Å². The fraction of sp³-hybridized carbons (Fsp3) is 0.467. The van der Waals surface area contributed by atoms with E-state index in [1.807, 2.05) is 0 Å². The molecule has 21 heavy (non-hydrogen) atoms. The topological polar surface area (TPSA) is 87.7 Å². The summed E-state index contributed by atoms with van der Waals surface area (Å²) in [5, 5.41) is 14.7. The molecule has 1 aromatic carbocycles. The number of carbonyl (C=O) groups is 2. The molecule has 1 fully saturated rings. The number of carboxylic acid groups (broad SMARTS) is 1. The number of hydrogen-bond donors (Lipinski definition) is 3. The Morgan fingerprint density at radius 2 is 1.95 bits per heavy atom. The predicted octanol–water partition coefficient (Wildman–Crippen LogP) is 2.46. The summed E-state index contributed by atoms with van der Waals surface area (Å²) in [5.74, 6) is -0.279. The fourth-order valence-corrected chi connectivity index (χ4v) is 2.68. The van der Waals surface area contributed by atoms with E-state index in [0.29, 0.717) is 24.3 Å². The average Bonchev–Trinajstić information content (AvgIpc) is 2.96. The number of methoxy groups -OCH3 is 1. The van der Waals surface area contributed by atoms with E-state index in [0.717, 1.165) is 12.8 Å². The van der Waals surface area contributed by atoms with Crippen molar-refractivity contribution in [3.63, 3.8) is 0 Å². The van der Waals surface area contributed by atoms with Gasteiger partial charge in [0.25, 0.3) is 0 Å². The highest BCUT2D eigenvalue weighted by molar-refractivity contribution is 5.91. The lowest BCUT2D eigenvalue weighted by Gasteiger charge is -2.24. The molecule has 0 aliphatic heterocycles. The number of amides is 2. The number of nitrogens with one attached hydrogen (secondary N) is 2. The van der Waals surface area contributed by atoms with E-state index in [1.54, 1.807) is 24.3 Å². The summed E-state index contributed by atoms with van der Waals surface area (Å²) in [5.41, 5.74) is -0.272. The number of anilines is 1. The van der Waals surface area contributed by atoms with Crippen LogP contribution in [0.3, 0.4) is 0 Å². The number of para-hydroxylation sites is 2. The van der Waals surface area contributed by atoms with Crippen molar-refractivity contribution >= 4 is 17.7 Å². The highest BCUT2D eigenvalue weighted by atomic mass is 16.5. The number of carboxylic acids is 1. The Kier molecular flexibility index (Phi) is 4.67. The van der Waals surface area contributed by atoms with E-state index in [1.165, 1.54) is 7.11 Å². The van der Waals surface area contributed by atoms with E-state index < -0.39 is 17.4 Å². The third-order valence-electron chi connectivity index (χ3n) is 3.96. The van der Waals surface area contributed by atoms with Gasteiger partial charge in [0.15, 0.2) is 0 Å². The lowest BCUT2D eigenvalue weighted by Crippen LogP contribution is -2.42. The average molecular weight is 292 g/mol. The lowest BCUT2D eigenvalue weighted by atomic mass is 9.86. The van der Waals surface area contributed by atoms with Crippen molar-refractivity contribution in [2.24, 2.45) is 5.41 Å². The minimum Gasteiger partial charge on any atom is -0.495 e. The summed E-state index contributed by atoms with van der Waals surface area (Å²) in [6.45, 7) is 0.142. The maximum Gasteiger partial charge on any atom is 0.319 e. The molecule has 1 aliphatic carbocycles. The monoisotopic (exact) mass is 292 g/mol. The van der Waals surface area contributed by atoms with Crippen molar-refractivity contribution in [3.8, 4) is 5.75 Å². The van der Waals surface area contributed by atoms with E-state index in [2.05, 4.69) is 10.6 Å². The number of hydrogen-bond acceptors (Lipinski definition) is 3. The Hall–Kier alpha value is -2.24. The fourth-order valence-electron chi connectivity index (χ4n) is 2.68. The van der Waals surface area contributed by atoms with Gasteiger partial charge in [-0.05, 0) is 25.0 Å². The molecule has 6 nitrogen and oxygen atoms in total. The molecule has 0 spiro atoms. The van der Waals surface area contributed by atoms with Crippen molar-refractivity contribution < 1.29 is 19.4 Å². The minimum atomic E-state index is -0.836. The standard InChI is InChI=1S/C15H20N2O4/c1-21-12-7-3-2-6-11(12)17-14(20)16-10-15(13(18)19)8-4-5-9-15/h2-3,6-7H,4-5,8-10H2,1H3,(H,18,19)(H2,16,17,20). The molecule has 0 bridgehead atoms. The first-order valence-corrected chi connectivity index (χ1v) is 6.99. The molecular formula is C15H20N2O4. The largest absolute Gasteiger partial charge is 0.495 e. The van der Waals surface area contributed by atoms with Crippen molar-refractivity contribution in [1.82, 2.24) is 5.32 Å². The van der Waals surface area contributed by atoms with Crippen LogP contribution in [0.2, 0.25) is 0 Å². The van der Waals surface area contributed by atoms with Crippen LogP contribution < -0.4 is 15.4 Å². The van der Waals surface area contributed by atoms with Gasteiger partial charge in [-0.15, -0.1) is 0 Å². The zero-order valence-corrected chi connectivity index (χ0v) is 12.0. The molecule has 0 saturated heterocycles. The van der Waals surface area contributed by atoms with Gasteiger partial charge in [0.2, 0.25) is 0 Å². The molecule has 1 saturated carbocycles. The van der Waals surface area contributed by atoms with Crippen LogP contribution in [-0.4, -0.2) is 30.8 Å². The zero-order chi connectivity index (χ0) is 15.3. The van der Waals surface area contributed by atoms with Crippen molar-refractivity contribution in [3.05, 3.63) is 24.3 Å². The Morgan fingerprint density at radius 3 is 2.57 bits per heavy atom. The van der Waals surface area contributed by atoms with Gasteiger partial charge in [-0.1, -0.05) is 25.0 Å². The summed E-state index contributed by atoms with van der Waals surface area (Å²) in [6, 6.07) is 6.63. The molecule has 1 aliphatic rings. The number of carbonyl (C=O) groups excluding carboxylic acids is 1. The normalized spacial score (nSPS) is 16.2. The van der Waals surface area contributed by atoms with Gasteiger partial charge in [-0.3, -0.25) is 4.79 Å². The van der Waals surface area contributed by atoms with Crippen LogP contribution in [0.4, 0.5) is 10.5 Å². The van der Waals surface area contributed by atoms with Crippen molar-refractivity contribution in [1.29, 1.82) is 0 Å². The summed E-state index contributed by atoms with van der Waals surface area (Å²) >= 11 is 0. The molecule has 0 aromatic heterocycles. The third-order valence-corrected chi connectivity index (χ3v) is 3.96. The predicted molar refractivity (Wildman–Crippen MR) is 78.6 cm³/mol. The number of urea groups is 1. The summed E-state index contributed by atoms with van der Waals surface area (Å²) < 4.78 is 5.15. The van der Waals surface area contributed by atoms with Crippen LogP contribution in [0, 0.1) is 5.41 Å².